The quantitative estimate of drug-likeness (QED) is 0.335. The molecule has 0 saturated carbocycles. The van der Waals surface area contributed by atoms with Crippen molar-refractivity contribution in [2.45, 2.75) is 50.6 Å². The maximum absolute atomic E-state index is 12.4. The van der Waals surface area contributed by atoms with Gasteiger partial charge < -0.3 is 19.9 Å². The van der Waals surface area contributed by atoms with Gasteiger partial charge in [0.2, 0.25) is 0 Å². The number of alkyl halides is 1. The normalized spacial score (nSPS) is 12.2. The maximum atomic E-state index is 12.4. The molecule has 0 saturated heterocycles. The van der Waals surface area contributed by atoms with Crippen LogP contribution < -0.4 is 10.1 Å². The summed E-state index contributed by atoms with van der Waals surface area (Å²) in [6.07, 6.45) is -1.35. The SMILES string of the molecule is CC(C)(C)OC(=O)NCC[C@H](O)C(=O)Oc1cccc(CBr)c1Cc1ccccc1. The maximum Gasteiger partial charge on any atom is 0.407 e. The largest absolute Gasteiger partial charge is 0.444 e. The predicted molar refractivity (Wildman–Crippen MR) is 119 cm³/mol. The number of nitrogens with one attached hydrogen (secondary N) is 1. The molecule has 0 aliphatic carbocycles. The molecule has 0 spiro atoms. The lowest BCUT2D eigenvalue weighted by molar-refractivity contribution is -0.144. The third-order valence-corrected chi connectivity index (χ3v) is 4.77. The molecule has 2 rings (SSSR count). The number of hydrogen-bond donors (Lipinski definition) is 2. The number of carbonyl (C=O) groups is 2. The van der Waals surface area contributed by atoms with Crippen LogP contribution in [0.4, 0.5) is 4.79 Å². The number of esters is 1. The first-order valence-corrected chi connectivity index (χ1v) is 10.9. The molecule has 0 aliphatic rings. The number of hydrogen-bond acceptors (Lipinski definition) is 5. The number of halogens is 1. The van der Waals surface area contributed by atoms with Gasteiger partial charge in [0.05, 0.1) is 0 Å². The Labute approximate surface area is 185 Å². The van der Waals surface area contributed by atoms with Gasteiger partial charge in [-0.15, -0.1) is 0 Å². The molecule has 0 fully saturated rings. The van der Waals surface area contributed by atoms with Gasteiger partial charge in [0.1, 0.15) is 11.4 Å². The number of carbonyl (C=O) groups excluding carboxylic acids is 2. The summed E-state index contributed by atoms with van der Waals surface area (Å²) in [7, 11) is 0. The fourth-order valence-corrected chi connectivity index (χ4v) is 3.28. The highest BCUT2D eigenvalue weighted by atomic mass is 79.9. The molecule has 1 atom stereocenters. The van der Waals surface area contributed by atoms with E-state index in [1.165, 1.54) is 0 Å². The number of ether oxygens (including phenoxy) is 2. The van der Waals surface area contributed by atoms with Crippen LogP contribution in [0.15, 0.2) is 48.5 Å². The van der Waals surface area contributed by atoms with Crippen molar-refractivity contribution in [3.8, 4) is 5.75 Å². The summed E-state index contributed by atoms with van der Waals surface area (Å²) in [6.45, 7) is 5.36. The molecular weight excluding hydrogens is 450 g/mol. The molecule has 6 nitrogen and oxygen atoms in total. The number of benzene rings is 2. The Morgan fingerprint density at radius 1 is 1.10 bits per heavy atom. The van der Waals surface area contributed by atoms with Gasteiger partial charge in [0, 0.05) is 30.3 Å². The second kappa shape index (κ2) is 11.1. The van der Waals surface area contributed by atoms with Gasteiger partial charge in [-0.05, 0) is 38.0 Å². The molecule has 0 heterocycles. The minimum Gasteiger partial charge on any atom is -0.444 e. The standard InChI is InChI=1S/C23H28BrNO5/c1-23(2,3)30-22(28)25-13-12-19(26)21(27)29-20-11-7-10-17(15-24)18(20)14-16-8-5-4-6-9-16/h4-11,19,26H,12-15H2,1-3H3,(H,25,28)/t19-/m0/s1. The van der Waals surface area contributed by atoms with Crippen LogP contribution in [-0.2, 0) is 21.3 Å². The van der Waals surface area contributed by atoms with Crippen molar-refractivity contribution in [3.63, 3.8) is 0 Å². The summed E-state index contributed by atoms with van der Waals surface area (Å²) < 4.78 is 10.6. The van der Waals surface area contributed by atoms with Crippen molar-refractivity contribution in [3.05, 3.63) is 65.2 Å². The molecular formula is C23H28BrNO5. The lowest BCUT2D eigenvalue weighted by atomic mass is 9.99. The summed E-state index contributed by atoms with van der Waals surface area (Å²) in [5, 5.41) is 13.3. The van der Waals surface area contributed by atoms with Crippen molar-refractivity contribution in [1.29, 1.82) is 0 Å². The Morgan fingerprint density at radius 2 is 1.80 bits per heavy atom. The Kier molecular flexibility index (Phi) is 8.87. The van der Waals surface area contributed by atoms with E-state index in [4.69, 9.17) is 9.47 Å². The molecule has 2 aromatic rings. The van der Waals surface area contributed by atoms with E-state index >= 15 is 0 Å². The van der Waals surface area contributed by atoms with Crippen molar-refractivity contribution in [2.75, 3.05) is 6.54 Å². The van der Waals surface area contributed by atoms with Gasteiger partial charge in [-0.1, -0.05) is 58.4 Å². The van der Waals surface area contributed by atoms with Gasteiger partial charge in [-0.25, -0.2) is 9.59 Å². The summed E-state index contributed by atoms with van der Waals surface area (Å²) in [6, 6.07) is 15.4. The lowest BCUT2D eigenvalue weighted by Gasteiger charge is -2.20. The Bertz CT molecular complexity index is 848. The Morgan fingerprint density at radius 3 is 2.43 bits per heavy atom. The molecule has 0 aromatic heterocycles. The Hall–Kier alpha value is -2.38. The highest BCUT2D eigenvalue weighted by Gasteiger charge is 2.21. The molecule has 0 bridgehead atoms. The monoisotopic (exact) mass is 477 g/mol. The highest BCUT2D eigenvalue weighted by Crippen LogP contribution is 2.27. The number of rotatable bonds is 8. The van der Waals surface area contributed by atoms with Crippen LogP contribution in [0.1, 0.15) is 43.9 Å². The van der Waals surface area contributed by atoms with Crippen molar-refractivity contribution in [2.24, 2.45) is 0 Å². The lowest BCUT2D eigenvalue weighted by Crippen LogP contribution is -2.36. The van der Waals surface area contributed by atoms with Gasteiger partial charge in [0.15, 0.2) is 6.10 Å². The topological polar surface area (TPSA) is 84.9 Å². The van der Waals surface area contributed by atoms with Crippen LogP contribution in [-0.4, -0.2) is 35.4 Å². The second-order valence-electron chi connectivity index (χ2n) is 7.84. The van der Waals surface area contributed by atoms with Crippen LogP contribution >= 0.6 is 15.9 Å². The van der Waals surface area contributed by atoms with E-state index in [1.54, 1.807) is 26.8 Å². The summed E-state index contributed by atoms with van der Waals surface area (Å²) in [5.41, 5.74) is 2.36. The highest BCUT2D eigenvalue weighted by molar-refractivity contribution is 9.08. The van der Waals surface area contributed by atoms with Gasteiger partial charge in [-0.2, -0.15) is 0 Å². The number of alkyl carbamates (subject to hydrolysis) is 1. The van der Waals surface area contributed by atoms with Crippen molar-refractivity contribution in [1.82, 2.24) is 5.32 Å². The average Bonchev–Trinajstić information content (AvgIpc) is 2.68. The van der Waals surface area contributed by atoms with Crippen LogP contribution in [0.3, 0.4) is 0 Å². The number of amides is 1. The van der Waals surface area contributed by atoms with E-state index in [-0.39, 0.29) is 13.0 Å². The van der Waals surface area contributed by atoms with Crippen LogP contribution in [0.2, 0.25) is 0 Å². The van der Waals surface area contributed by atoms with E-state index < -0.39 is 23.8 Å². The summed E-state index contributed by atoms with van der Waals surface area (Å²) in [4.78, 5) is 24.0. The average molecular weight is 478 g/mol. The molecule has 30 heavy (non-hydrogen) atoms. The van der Waals surface area contributed by atoms with E-state index in [9.17, 15) is 14.7 Å². The van der Waals surface area contributed by atoms with Gasteiger partial charge >= 0.3 is 12.1 Å². The number of aliphatic hydroxyl groups is 1. The van der Waals surface area contributed by atoms with E-state index in [0.29, 0.717) is 17.5 Å². The van der Waals surface area contributed by atoms with Crippen LogP contribution in [0.5, 0.6) is 5.75 Å². The number of aliphatic hydroxyl groups excluding tert-OH is 1. The summed E-state index contributed by atoms with van der Waals surface area (Å²) >= 11 is 3.48. The minimum atomic E-state index is -1.36. The molecule has 7 heteroatoms. The van der Waals surface area contributed by atoms with Crippen molar-refractivity contribution < 1.29 is 24.2 Å². The molecule has 2 N–H and O–H groups in total. The van der Waals surface area contributed by atoms with E-state index in [1.807, 2.05) is 42.5 Å². The summed E-state index contributed by atoms with van der Waals surface area (Å²) in [5.74, 6) is -0.345. The first kappa shape index (κ1) is 23.9. The third-order valence-electron chi connectivity index (χ3n) is 4.17. The zero-order valence-electron chi connectivity index (χ0n) is 17.5. The predicted octanol–water partition coefficient (Wildman–Crippen LogP) is 4.35. The van der Waals surface area contributed by atoms with E-state index in [0.717, 1.165) is 16.7 Å². The first-order valence-electron chi connectivity index (χ1n) is 9.77. The molecule has 0 aliphatic heterocycles. The smallest absolute Gasteiger partial charge is 0.407 e. The molecule has 2 aromatic carbocycles. The van der Waals surface area contributed by atoms with Crippen LogP contribution in [0, 0.1) is 0 Å². The minimum absolute atomic E-state index is 0.0181. The second-order valence-corrected chi connectivity index (χ2v) is 8.40. The molecule has 0 unspecified atom stereocenters. The zero-order valence-corrected chi connectivity index (χ0v) is 19.1. The van der Waals surface area contributed by atoms with Crippen LogP contribution in [0.25, 0.3) is 0 Å². The fraction of sp³-hybridized carbons (Fsp3) is 0.391. The Balaban J connectivity index is 1.99. The molecule has 0 radical (unpaired) electrons. The van der Waals surface area contributed by atoms with Gasteiger partial charge in [0.25, 0.3) is 0 Å². The van der Waals surface area contributed by atoms with Gasteiger partial charge in [-0.3, -0.25) is 0 Å². The first-order chi connectivity index (χ1) is 14.2. The third kappa shape index (κ3) is 7.80. The van der Waals surface area contributed by atoms with Crippen molar-refractivity contribution >= 4 is 28.0 Å². The molecule has 1 amide bonds. The molecule has 162 valence electrons. The fourth-order valence-electron chi connectivity index (χ4n) is 2.75. The van der Waals surface area contributed by atoms with E-state index in [2.05, 4.69) is 21.2 Å². The zero-order chi connectivity index (χ0) is 22.1.